The van der Waals surface area contributed by atoms with Crippen molar-refractivity contribution in [2.75, 3.05) is 6.54 Å². The number of nitrogens with zero attached hydrogens (tertiary/aromatic N) is 3. The van der Waals surface area contributed by atoms with Gasteiger partial charge in [0.25, 0.3) is 0 Å². The van der Waals surface area contributed by atoms with E-state index in [4.69, 9.17) is 4.74 Å². The monoisotopic (exact) mass is 541 g/mol. The smallest absolute Gasteiger partial charge is 0.219 e. The third-order valence-electron chi connectivity index (χ3n) is 3.94. The zero-order chi connectivity index (χ0) is 20.5. The summed E-state index contributed by atoms with van der Waals surface area (Å²) in [5, 5.41) is 7.56. The molecule has 0 spiro atoms. The van der Waals surface area contributed by atoms with Crippen molar-refractivity contribution in [3.8, 4) is 11.6 Å². The molecule has 2 heterocycles. The van der Waals surface area contributed by atoms with E-state index in [1.54, 1.807) is 35.7 Å². The minimum Gasteiger partial charge on any atom is -0.439 e. The van der Waals surface area contributed by atoms with E-state index in [1.807, 2.05) is 19.2 Å². The first kappa shape index (κ1) is 24.0. The van der Waals surface area contributed by atoms with E-state index in [2.05, 4.69) is 32.5 Å². The van der Waals surface area contributed by atoms with Gasteiger partial charge < -0.3 is 15.4 Å². The second-order valence-corrected chi connectivity index (χ2v) is 7.39. The number of guanidine groups is 1. The maximum absolute atomic E-state index is 13.2. The van der Waals surface area contributed by atoms with Crippen LogP contribution in [0, 0.1) is 5.82 Å². The number of hydrogen-bond donors (Lipinski definition) is 2. The van der Waals surface area contributed by atoms with Crippen LogP contribution in [0.5, 0.6) is 11.6 Å². The Morgan fingerprint density at radius 3 is 2.67 bits per heavy atom. The number of benzene rings is 1. The zero-order valence-corrected chi connectivity index (χ0v) is 20.0. The van der Waals surface area contributed by atoms with Crippen molar-refractivity contribution >= 4 is 41.3 Å². The van der Waals surface area contributed by atoms with Crippen molar-refractivity contribution in [2.24, 2.45) is 4.99 Å². The number of halogens is 2. The largest absolute Gasteiger partial charge is 0.439 e. The van der Waals surface area contributed by atoms with E-state index in [1.165, 1.54) is 17.0 Å². The van der Waals surface area contributed by atoms with Gasteiger partial charge in [-0.15, -0.1) is 35.3 Å². The molecule has 0 radical (unpaired) electrons. The molecule has 160 valence electrons. The van der Waals surface area contributed by atoms with Crippen molar-refractivity contribution < 1.29 is 9.13 Å². The van der Waals surface area contributed by atoms with Crippen molar-refractivity contribution in [3.05, 3.63) is 70.1 Å². The molecule has 2 N–H and O–H groups in total. The van der Waals surface area contributed by atoms with E-state index in [0.717, 1.165) is 29.5 Å². The molecule has 3 rings (SSSR count). The molecule has 0 fully saturated rings. The van der Waals surface area contributed by atoms with Gasteiger partial charge in [-0.2, -0.15) is 0 Å². The van der Waals surface area contributed by atoms with Crippen molar-refractivity contribution in [1.29, 1.82) is 0 Å². The number of hydrogen-bond acceptors (Lipinski definition) is 5. The van der Waals surface area contributed by atoms with Crippen LogP contribution in [0.3, 0.4) is 0 Å². The Kier molecular flexibility index (Phi) is 9.95. The van der Waals surface area contributed by atoms with Crippen molar-refractivity contribution in [3.63, 3.8) is 0 Å². The van der Waals surface area contributed by atoms with Gasteiger partial charge in [-0.3, -0.25) is 0 Å². The summed E-state index contributed by atoms with van der Waals surface area (Å²) < 4.78 is 18.8. The van der Waals surface area contributed by atoms with Gasteiger partial charge in [0.15, 0.2) is 5.96 Å². The molecule has 0 bridgehead atoms. The summed E-state index contributed by atoms with van der Waals surface area (Å²) in [6, 6.07) is 9.61. The predicted molar refractivity (Wildman–Crippen MR) is 129 cm³/mol. The number of pyridine rings is 1. The lowest BCUT2D eigenvalue weighted by Gasteiger charge is -2.10. The fraction of sp³-hybridized carbons (Fsp3) is 0.286. The maximum atomic E-state index is 13.2. The fourth-order valence-corrected chi connectivity index (χ4v) is 3.28. The Morgan fingerprint density at radius 2 is 2.00 bits per heavy atom. The van der Waals surface area contributed by atoms with Gasteiger partial charge in [0.05, 0.1) is 13.1 Å². The fourth-order valence-electron chi connectivity index (χ4n) is 2.48. The summed E-state index contributed by atoms with van der Waals surface area (Å²) >= 11 is 1.71. The van der Waals surface area contributed by atoms with Crippen LogP contribution in [-0.2, 0) is 19.5 Å². The first-order valence-electron chi connectivity index (χ1n) is 9.50. The Labute approximate surface area is 197 Å². The first-order valence-corrected chi connectivity index (χ1v) is 10.3. The van der Waals surface area contributed by atoms with Gasteiger partial charge in [-0.05, 0) is 31.0 Å². The van der Waals surface area contributed by atoms with Crippen LogP contribution < -0.4 is 15.4 Å². The minimum absolute atomic E-state index is 0. The van der Waals surface area contributed by atoms with Crippen LogP contribution in [0.4, 0.5) is 4.39 Å². The molecule has 0 saturated carbocycles. The molecule has 0 amide bonds. The Morgan fingerprint density at radius 1 is 1.13 bits per heavy atom. The average molecular weight is 541 g/mol. The van der Waals surface area contributed by atoms with Gasteiger partial charge in [-0.25, -0.2) is 19.4 Å². The van der Waals surface area contributed by atoms with Gasteiger partial charge in [-0.1, -0.05) is 19.1 Å². The zero-order valence-electron chi connectivity index (χ0n) is 16.9. The van der Waals surface area contributed by atoms with Crippen LogP contribution in [-0.4, -0.2) is 22.5 Å². The molecular weight excluding hydrogens is 516 g/mol. The lowest BCUT2D eigenvalue weighted by atomic mass is 10.3. The van der Waals surface area contributed by atoms with Crippen LogP contribution in [0.2, 0.25) is 0 Å². The first-order chi connectivity index (χ1) is 14.2. The van der Waals surface area contributed by atoms with Crippen molar-refractivity contribution in [1.82, 2.24) is 20.6 Å². The molecule has 0 saturated heterocycles. The number of thiazole rings is 1. The second-order valence-electron chi connectivity index (χ2n) is 6.19. The number of aryl methyl sites for hydroxylation is 1. The number of rotatable bonds is 8. The molecule has 0 aliphatic carbocycles. The number of aliphatic imine (C=N–C) groups is 1. The standard InChI is InChI=1S/C21H24FN5OS.HI/c1-3-18-13-25-20(29-18)14-27-21(23-4-2)26-12-15-8-9-19(24-11-15)28-17-7-5-6-16(22)10-17;/h5-11,13H,3-4,12,14H2,1-2H3,(H2,23,26,27);1H. The molecule has 0 atom stereocenters. The van der Waals surface area contributed by atoms with Crippen LogP contribution in [0.1, 0.15) is 29.3 Å². The topological polar surface area (TPSA) is 71.4 Å². The third kappa shape index (κ3) is 7.52. The van der Waals surface area contributed by atoms with Crippen LogP contribution >= 0.6 is 35.3 Å². The van der Waals surface area contributed by atoms with Gasteiger partial charge >= 0.3 is 0 Å². The highest BCUT2D eigenvalue weighted by atomic mass is 127. The molecule has 2 aromatic heterocycles. The van der Waals surface area contributed by atoms with Crippen LogP contribution in [0.25, 0.3) is 0 Å². The highest BCUT2D eigenvalue weighted by Gasteiger charge is 2.04. The SMILES string of the molecule is CCNC(=NCc1ccc(Oc2cccc(F)c2)nc1)NCc1ncc(CC)s1.I. The molecule has 9 heteroatoms. The number of ether oxygens (including phenoxy) is 1. The summed E-state index contributed by atoms with van der Waals surface area (Å²) in [4.78, 5) is 14.5. The van der Waals surface area contributed by atoms with Crippen molar-refractivity contribution in [2.45, 2.75) is 33.4 Å². The van der Waals surface area contributed by atoms with E-state index >= 15 is 0 Å². The molecule has 3 aromatic rings. The average Bonchev–Trinajstić information content (AvgIpc) is 3.19. The number of aromatic nitrogens is 2. The molecule has 6 nitrogen and oxygen atoms in total. The predicted octanol–water partition coefficient (Wildman–Crippen LogP) is 4.91. The van der Waals surface area contributed by atoms with E-state index in [0.29, 0.717) is 24.7 Å². The molecule has 0 unspecified atom stereocenters. The normalized spacial score (nSPS) is 11.0. The Balaban J connectivity index is 0.00000320. The number of nitrogens with one attached hydrogen (secondary N) is 2. The highest BCUT2D eigenvalue weighted by molar-refractivity contribution is 14.0. The van der Waals surface area contributed by atoms with E-state index < -0.39 is 0 Å². The minimum atomic E-state index is -0.347. The lowest BCUT2D eigenvalue weighted by Crippen LogP contribution is -2.36. The summed E-state index contributed by atoms with van der Waals surface area (Å²) in [6.07, 6.45) is 4.62. The summed E-state index contributed by atoms with van der Waals surface area (Å²) in [7, 11) is 0. The highest BCUT2D eigenvalue weighted by Crippen LogP contribution is 2.20. The van der Waals surface area contributed by atoms with E-state index in [9.17, 15) is 4.39 Å². The Bertz CT molecular complexity index is 949. The lowest BCUT2D eigenvalue weighted by molar-refractivity contribution is 0.457. The molecule has 0 aliphatic heterocycles. The summed E-state index contributed by atoms with van der Waals surface area (Å²) in [5.41, 5.74) is 0.941. The Hall–Kier alpha value is -2.27. The quantitative estimate of drug-likeness (QED) is 0.241. The van der Waals surface area contributed by atoms with Gasteiger partial charge in [0, 0.05) is 35.9 Å². The maximum Gasteiger partial charge on any atom is 0.219 e. The van der Waals surface area contributed by atoms with Crippen LogP contribution in [0.15, 0.2) is 53.8 Å². The molecule has 0 aliphatic rings. The summed E-state index contributed by atoms with van der Waals surface area (Å²) in [5.74, 6) is 1.19. The molecular formula is C21H25FIN5OS. The summed E-state index contributed by atoms with van der Waals surface area (Å²) in [6.45, 7) is 6.02. The van der Waals surface area contributed by atoms with Gasteiger partial charge in [0.2, 0.25) is 5.88 Å². The molecule has 1 aromatic carbocycles. The third-order valence-corrected chi connectivity index (χ3v) is 5.08. The van der Waals surface area contributed by atoms with E-state index in [-0.39, 0.29) is 29.8 Å². The molecule has 30 heavy (non-hydrogen) atoms. The second kappa shape index (κ2) is 12.4. The van der Waals surface area contributed by atoms with Gasteiger partial charge in [0.1, 0.15) is 16.6 Å².